The van der Waals surface area contributed by atoms with E-state index in [2.05, 4.69) is 13.2 Å². The number of aliphatic hydroxyl groups is 1. The van der Waals surface area contributed by atoms with Gasteiger partial charge in [0.05, 0.1) is 13.2 Å². The van der Waals surface area contributed by atoms with Crippen molar-refractivity contribution in [2.75, 3.05) is 7.11 Å². The monoisotopic (exact) mass is 422 g/mol. The maximum atomic E-state index is 11.8. The zero-order chi connectivity index (χ0) is 20.4. The lowest BCUT2D eigenvalue weighted by molar-refractivity contribution is -0.132. The number of allylic oxidation sites excluding steroid dienone is 3. The van der Waals surface area contributed by atoms with E-state index in [-0.39, 0.29) is 29.4 Å². The van der Waals surface area contributed by atoms with E-state index in [4.69, 9.17) is 32.7 Å². The van der Waals surface area contributed by atoms with Crippen LogP contribution < -0.4 is 9.47 Å². The predicted molar refractivity (Wildman–Crippen MR) is 111 cm³/mol. The molecule has 1 aromatic carbocycles. The number of fused-ring (bicyclic) bond motifs is 1. The first-order valence-corrected chi connectivity index (χ1v) is 10.1. The molecule has 150 valence electrons. The highest BCUT2D eigenvalue weighted by Gasteiger charge is 2.46. The third kappa shape index (κ3) is 4.14. The smallest absolute Gasteiger partial charge is 0.344 e. The second kappa shape index (κ2) is 8.73. The molecule has 0 aromatic heterocycles. The number of rotatable bonds is 6. The zero-order valence-electron chi connectivity index (χ0n) is 15.7. The van der Waals surface area contributed by atoms with E-state index in [1.54, 1.807) is 12.1 Å². The number of halogens is 2. The third-order valence-corrected chi connectivity index (χ3v) is 6.10. The summed E-state index contributed by atoms with van der Waals surface area (Å²) in [6, 6.07) is 5.46. The van der Waals surface area contributed by atoms with Crippen molar-refractivity contribution in [1.82, 2.24) is 0 Å². The molecule has 0 unspecified atom stereocenters. The van der Waals surface area contributed by atoms with Gasteiger partial charge in [0, 0.05) is 0 Å². The van der Waals surface area contributed by atoms with Crippen LogP contribution in [0.1, 0.15) is 12.0 Å². The number of carbonyl (C=O) groups excluding carboxylic acids is 1. The SMILES string of the molecule is C=C[C@@H]1C[C@@H](Cc2ccc(OC)c(OC(=O)C(Cl)Cl)c2)[C@@H]2[C@H]1C(=C)C=C[C@@H]2O. The van der Waals surface area contributed by atoms with E-state index in [1.807, 2.05) is 24.3 Å². The fourth-order valence-corrected chi connectivity index (χ4v) is 4.64. The van der Waals surface area contributed by atoms with Gasteiger partial charge in [-0.1, -0.05) is 59.6 Å². The Bertz CT molecular complexity index is 802. The molecular formula is C22H24Cl2O4. The molecule has 1 saturated carbocycles. The lowest BCUT2D eigenvalue weighted by Gasteiger charge is -2.33. The Labute approximate surface area is 175 Å². The van der Waals surface area contributed by atoms with Gasteiger partial charge in [-0.05, 0) is 54.2 Å². The van der Waals surface area contributed by atoms with E-state index in [0.717, 1.165) is 24.0 Å². The fourth-order valence-electron chi connectivity index (χ4n) is 4.55. The zero-order valence-corrected chi connectivity index (χ0v) is 17.2. The average molecular weight is 423 g/mol. The summed E-state index contributed by atoms with van der Waals surface area (Å²) in [6.07, 6.45) is 6.85. The fraction of sp³-hybridized carbons (Fsp3) is 0.409. The number of carbonyl (C=O) groups is 1. The van der Waals surface area contributed by atoms with Crippen LogP contribution in [0.5, 0.6) is 11.5 Å². The van der Waals surface area contributed by atoms with Crippen molar-refractivity contribution in [2.24, 2.45) is 23.7 Å². The predicted octanol–water partition coefficient (Wildman–Crippen LogP) is 4.49. The number of hydrogen-bond acceptors (Lipinski definition) is 4. The Hall–Kier alpha value is -1.75. The molecule has 0 aliphatic heterocycles. The van der Waals surface area contributed by atoms with Gasteiger partial charge in [0.15, 0.2) is 11.5 Å². The van der Waals surface area contributed by atoms with Gasteiger partial charge in [0.1, 0.15) is 0 Å². The van der Waals surface area contributed by atoms with Crippen molar-refractivity contribution >= 4 is 29.2 Å². The van der Waals surface area contributed by atoms with E-state index < -0.39 is 16.9 Å². The van der Waals surface area contributed by atoms with E-state index >= 15 is 0 Å². The van der Waals surface area contributed by atoms with Gasteiger partial charge < -0.3 is 14.6 Å². The van der Waals surface area contributed by atoms with Crippen LogP contribution in [0.4, 0.5) is 0 Å². The van der Waals surface area contributed by atoms with Gasteiger partial charge >= 0.3 is 5.97 Å². The van der Waals surface area contributed by atoms with Crippen LogP contribution >= 0.6 is 23.2 Å². The number of alkyl halides is 2. The Morgan fingerprint density at radius 2 is 2.14 bits per heavy atom. The number of methoxy groups -OCH3 is 1. The molecule has 0 amide bonds. The summed E-state index contributed by atoms with van der Waals surface area (Å²) in [5.41, 5.74) is 2.02. The summed E-state index contributed by atoms with van der Waals surface area (Å²) in [6.45, 7) is 8.15. The molecule has 0 spiro atoms. The highest BCUT2D eigenvalue weighted by molar-refractivity contribution is 6.53. The number of aliphatic hydroxyl groups excluding tert-OH is 1. The molecule has 4 nitrogen and oxygen atoms in total. The molecule has 5 atom stereocenters. The van der Waals surface area contributed by atoms with Gasteiger partial charge in [-0.15, -0.1) is 6.58 Å². The highest BCUT2D eigenvalue weighted by atomic mass is 35.5. The topological polar surface area (TPSA) is 55.8 Å². The maximum absolute atomic E-state index is 11.8. The average Bonchev–Trinajstić information content (AvgIpc) is 3.04. The minimum absolute atomic E-state index is 0.0867. The number of ether oxygens (including phenoxy) is 2. The molecule has 2 aliphatic rings. The minimum atomic E-state index is -1.27. The molecule has 6 heteroatoms. The number of benzene rings is 1. The van der Waals surface area contributed by atoms with Crippen molar-refractivity contribution in [3.63, 3.8) is 0 Å². The standard InChI is InChI=1S/C22H24Cl2O4/c1-4-14-11-15(20-16(25)7-5-12(2)19(14)20)9-13-6-8-17(27-3)18(10-13)28-22(26)21(23)24/h4-8,10,14-16,19-21,25H,1-2,9,11H2,3H3/t14-,15-,16+,19+,20+/m1/s1. The van der Waals surface area contributed by atoms with Gasteiger partial charge in [0.25, 0.3) is 0 Å². The summed E-state index contributed by atoms with van der Waals surface area (Å²) < 4.78 is 10.5. The maximum Gasteiger partial charge on any atom is 0.344 e. The van der Waals surface area contributed by atoms with Crippen molar-refractivity contribution < 1.29 is 19.4 Å². The molecule has 1 fully saturated rings. The van der Waals surface area contributed by atoms with E-state index in [9.17, 15) is 9.90 Å². The van der Waals surface area contributed by atoms with Gasteiger partial charge in [-0.3, -0.25) is 0 Å². The van der Waals surface area contributed by atoms with E-state index in [0.29, 0.717) is 5.75 Å². The first-order valence-electron chi connectivity index (χ1n) is 9.20. The van der Waals surface area contributed by atoms with Crippen LogP contribution in [0.3, 0.4) is 0 Å². The number of hydrogen-bond donors (Lipinski definition) is 1. The van der Waals surface area contributed by atoms with Crippen LogP contribution in [0.2, 0.25) is 0 Å². The first kappa shape index (κ1) is 21.0. The molecule has 0 radical (unpaired) electrons. The Kier molecular flexibility index (Phi) is 6.54. The molecule has 28 heavy (non-hydrogen) atoms. The Morgan fingerprint density at radius 3 is 2.79 bits per heavy atom. The third-order valence-electron chi connectivity index (χ3n) is 5.74. The van der Waals surface area contributed by atoms with Gasteiger partial charge in [-0.2, -0.15) is 0 Å². The molecule has 1 aromatic rings. The Morgan fingerprint density at radius 1 is 1.39 bits per heavy atom. The van der Waals surface area contributed by atoms with Crippen molar-refractivity contribution in [2.45, 2.75) is 23.8 Å². The summed E-state index contributed by atoms with van der Waals surface area (Å²) in [5.74, 6) is 0.764. The molecule has 3 rings (SSSR count). The van der Waals surface area contributed by atoms with Gasteiger partial charge in [-0.25, -0.2) is 4.79 Å². The van der Waals surface area contributed by atoms with Crippen LogP contribution in [0, 0.1) is 23.7 Å². The lowest BCUT2D eigenvalue weighted by Crippen LogP contribution is -2.32. The summed E-state index contributed by atoms with van der Waals surface area (Å²) in [7, 11) is 1.50. The first-order chi connectivity index (χ1) is 13.3. The summed E-state index contributed by atoms with van der Waals surface area (Å²) in [5, 5.41) is 10.6. The van der Waals surface area contributed by atoms with Crippen LogP contribution in [-0.4, -0.2) is 29.1 Å². The summed E-state index contributed by atoms with van der Waals surface area (Å²) >= 11 is 11.2. The molecule has 0 bridgehead atoms. The highest BCUT2D eigenvalue weighted by Crippen LogP contribution is 2.51. The number of esters is 1. The normalized spacial score (nSPS) is 28.9. The molecule has 0 heterocycles. The van der Waals surface area contributed by atoms with Crippen molar-refractivity contribution in [1.29, 1.82) is 0 Å². The molecular weight excluding hydrogens is 399 g/mol. The van der Waals surface area contributed by atoms with Gasteiger partial charge in [0.2, 0.25) is 4.84 Å². The van der Waals surface area contributed by atoms with Crippen molar-refractivity contribution in [3.8, 4) is 11.5 Å². The van der Waals surface area contributed by atoms with Crippen LogP contribution in [0.15, 0.2) is 55.2 Å². The largest absolute Gasteiger partial charge is 0.493 e. The Balaban J connectivity index is 1.85. The van der Waals surface area contributed by atoms with Crippen molar-refractivity contribution in [3.05, 3.63) is 60.7 Å². The van der Waals surface area contributed by atoms with E-state index in [1.165, 1.54) is 7.11 Å². The lowest BCUT2D eigenvalue weighted by atomic mass is 9.74. The molecule has 1 N–H and O–H groups in total. The molecule has 2 aliphatic carbocycles. The second-order valence-electron chi connectivity index (χ2n) is 7.33. The minimum Gasteiger partial charge on any atom is -0.493 e. The quantitative estimate of drug-likeness (QED) is 0.317. The van der Waals surface area contributed by atoms with Crippen LogP contribution in [-0.2, 0) is 11.2 Å². The van der Waals surface area contributed by atoms with Crippen LogP contribution in [0.25, 0.3) is 0 Å². The summed E-state index contributed by atoms with van der Waals surface area (Å²) in [4.78, 5) is 10.5. The molecule has 0 saturated heterocycles. The second-order valence-corrected chi connectivity index (χ2v) is 8.43.